The van der Waals surface area contributed by atoms with E-state index in [1.54, 1.807) is 19.3 Å². The fraction of sp³-hybridized carbons (Fsp3) is 0.348. The summed E-state index contributed by atoms with van der Waals surface area (Å²) in [5.41, 5.74) is 6.89. The molecule has 0 aliphatic heterocycles. The first-order chi connectivity index (χ1) is 15.2. The Morgan fingerprint density at radius 1 is 1.41 bits per heavy atom. The third kappa shape index (κ3) is 5.28. The van der Waals surface area contributed by atoms with Crippen molar-refractivity contribution in [3.63, 3.8) is 0 Å². The molecule has 168 valence electrons. The molecule has 0 bridgehead atoms. The molecule has 4 N–H and O–H groups in total. The Hall–Kier alpha value is -3.33. The van der Waals surface area contributed by atoms with Gasteiger partial charge in [-0.3, -0.25) is 20.0 Å². The first kappa shape index (κ1) is 23.3. The minimum atomic E-state index is -0.597. The Labute approximate surface area is 191 Å². The molecule has 0 saturated heterocycles. The van der Waals surface area contributed by atoms with Crippen molar-refractivity contribution in [3.05, 3.63) is 59.4 Å². The van der Waals surface area contributed by atoms with Gasteiger partial charge in [0, 0.05) is 29.4 Å². The molecule has 1 amide bonds. The Kier molecular flexibility index (Phi) is 7.19. The summed E-state index contributed by atoms with van der Waals surface area (Å²) < 4.78 is 5.00. The van der Waals surface area contributed by atoms with Gasteiger partial charge in [-0.1, -0.05) is 23.8 Å². The van der Waals surface area contributed by atoms with E-state index in [9.17, 15) is 9.59 Å². The van der Waals surface area contributed by atoms with Crippen LogP contribution in [0, 0.1) is 16.7 Å². The number of esters is 1. The molecule has 1 aliphatic carbocycles. The molecule has 0 saturated carbocycles. The maximum Gasteiger partial charge on any atom is 0.311 e. The second kappa shape index (κ2) is 9.86. The Morgan fingerprint density at radius 3 is 2.84 bits per heavy atom. The van der Waals surface area contributed by atoms with Crippen LogP contribution in [0.3, 0.4) is 0 Å². The van der Waals surface area contributed by atoms with E-state index in [-0.39, 0.29) is 11.7 Å². The van der Waals surface area contributed by atoms with Crippen LogP contribution in [0.4, 0.5) is 0 Å². The number of nitrogens with zero attached hydrogens (tertiary/aromatic N) is 2. The Morgan fingerprint density at radius 2 is 2.19 bits per heavy atom. The number of methoxy groups -OCH3 is 1. The van der Waals surface area contributed by atoms with E-state index < -0.39 is 23.3 Å². The lowest BCUT2D eigenvalue weighted by Gasteiger charge is -2.29. The van der Waals surface area contributed by atoms with Crippen molar-refractivity contribution in [3.8, 4) is 10.6 Å². The third-order valence-electron chi connectivity index (χ3n) is 5.55. The number of ether oxygens (including phenoxy) is 1. The van der Waals surface area contributed by atoms with E-state index in [2.05, 4.69) is 15.3 Å². The molecule has 0 radical (unpaired) electrons. The summed E-state index contributed by atoms with van der Waals surface area (Å²) in [6.07, 6.45) is 11.7. The van der Waals surface area contributed by atoms with Gasteiger partial charge < -0.3 is 15.8 Å². The topological polar surface area (TPSA) is 131 Å². The number of carbonyl (C=O) groups is 2. The van der Waals surface area contributed by atoms with Gasteiger partial charge >= 0.3 is 5.97 Å². The zero-order valence-electron chi connectivity index (χ0n) is 18.3. The van der Waals surface area contributed by atoms with E-state index in [1.165, 1.54) is 24.6 Å². The maximum absolute atomic E-state index is 12.8. The number of pyridine rings is 1. The summed E-state index contributed by atoms with van der Waals surface area (Å²) >= 11 is 1.26. The van der Waals surface area contributed by atoms with Gasteiger partial charge in [0.1, 0.15) is 15.7 Å². The predicted molar refractivity (Wildman–Crippen MR) is 124 cm³/mol. The van der Waals surface area contributed by atoms with E-state index in [4.69, 9.17) is 15.9 Å². The smallest absolute Gasteiger partial charge is 0.311 e. The number of hydrogen-bond acceptors (Lipinski definition) is 7. The largest absolute Gasteiger partial charge is 0.469 e. The SMILES string of the molecule is COC(=O)C(CC1=CC(C)(C(=N)N)CC=C1)C(C)NC(=O)c1cnc(-c2cccnc2)s1. The number of rotatable bonds is 8. The van der Waals surface area contributed by atoms with Crippen LogP contribution in [-0.2, 0) is 9.53 Å². The number of allylic oxidation sites excluding steroid dienone is 3. The lowest BCUT2D eigenvalue weighted by atomic mass is 9.78. The second-order valence-corrected chi connectivity index (χ2v) is 9.05. The highest BCUT2D eigenvalue weighted by Crippen LogP contribution is 2.33. The van der Waals surface area contributed by atoms with Crippen molar-refractivity contribution in [1.82, 2.24) is 15.3 Å². The standard InChI is InChI=1S/C23H27N5O3S/c1-14(28-19(29)18-13-27-20(32-18)16-7-5-9-26-12-16)17(21(30)31-3)10-15-6-4-8-23(2,11-15)22(24)25/h4-7,9,11-14,17H,8,10H2,1-3H3,(H3,24,25)(H,28,29). The molecule has 1 aliphatic rings. The van der Waals surface area contributed by atoms with E-state index in [1.807, 2.05) is 37.3 Å². The molecule has 0 aromatic carbocycles. The molecule has 8 nitrogen and oxygen atoms in total. The van der Waals surface area contributed by atoms with Crippen molar-refractivity contribution >= 4 is 29.0 Å². The van der Waals surface area contributed by atoms with Crippen LogP contribution in [0.2, 0.25) is 0 Å². The first-order valence-corrected chi connectivity index (χ1v) is 11.0. The summed E-state index contributed by atoms with van der Waals surface area (Å²) in [4.78, 5) is 34.2. The van der Waals surface area contributed by atoms with Crippen molar-refractivity contribution in [2.75, 3.05) is 7.11 Å². The van der Waals surface area contributed by atoms with Crippen LogP contribution >= 0.6 is 11.3 Å². The molecule has 32 heavy (non-hydrogen) atoms. The summed E-state index contributed by atoms with van der Waals surface area (Å²) in [5, 5.41) is 11.5. The molecule has 3 atom stereocenters. The maximum atomic E-state index is 12.8. The summed E-state index contributed by atoms with van der Waals surface area (Å²) in [5.74, 6) is -1.24. The number of thiazole rings is 1. The average Bonchev–Trinajstić information content (AvgIpc) is 3.28. The summed E-state index contributed by atoms with van der Waals surface area (Å²) in [6, 6.07) is 3.20. The zero-order chi connectivity index (χ0) is 23.3. The molecule has 3 rings (SSSR count). The quantitative estimate of drug-likeness (QED) is 0.319. The first-order valence-electron chi connectivity index (χ1n) is 10.2. The van der Waals surface area contributed by atoms with Crippen molar-refractivity contribution in [2.24, 2.45) is 17.1 Å². The third-order valence-corrected chi connectivity index (χ3v) is 6.60. The number of amides is 1. The molecule has 0 fully saturated rings. The van der Waals surface area contributed by atoms with E-state index in [0.717, 1.165) is 11.1 Å². The van der Waals surface area contributed by atoms with Crippen LogP contribution in [0.1, 0.15) is 36.4 Å². The van der Waals surface area contributed by atoms with Gasteiger partial charge in [0.05, 0.1) is 19.2 Å². The number of nitrogens with one attached hydrogen (secondary N) is 2. The van der Waals surface area contributed by atoms with Gasteiger partial charge in [0.25, 0.3) is 5.91 Å². The van der Waals surface area contributed by atoms with Gasteiger partial charge in [0.15, 0.2) is 0 Å². The number of amidine groups is 1. The van der Waals surface area contributed by atoms with Gasteiger partial charge in [-0.05, 0) is 38.8 Å². The van der Waals surface area contributed by atoms with E-state index >= 15 is 0 Å². The van der Waals surface area contributed by atoms with Crippen molar-refractivity contribution < 1.29 is 14.3 Å². The van der Waals surface area contributed by atoms with Crippen LogP contribution < -0.4 is 11.1 Å². The van der Waals surface area contributed by atoms with Crippen LogP contribution in [-0.4, -0.2) is 40.8 Å². The average molecular weight is 454 g/mol. The van der Waals surface area contributed by atoms with Crippen LogP contribution in [0.5, 0.6) is 0 Å². The Bertz CT molecular complexity index is 1060. The molecule has 3 unspecified atom stereocenters. The van der Waals surface area contributed by atoms with Gasteiger partial charge in [0.2, 0.25) is 0 Å². The fourth-order valence-electron chi connectivity index (χ4n) is 3.54. The molecule has 2 aromatic heterocycles. The molecular formula is C23H27N5O3S. The van der Waals surface area contributed by atoms with Gasteiger partial charge in [-0.15, -0.1) is 11.3 Å². The van der Waals surface area contributed by atoms with Crippen molar-refractivity contribution in [1.29, 1.82) is 5.41 Å². The molecule has 9 heteroatoms. The summed E-state index contributed by atoms with van der Waals surface area (Å²) in [7, 11) is 1.33. The molecule has 2 heterocycles. The predicted octanol–water partition coefficient (Wildman–Crippen LogP) is 3.33. The van der Waals surface area contributed by atoms with Crippen molar-refractivity contribution in [2.45, 2.75) is 32.7 Å². The van der Waals surface area contributed by atoms with Gasteiger partial charge in [-0.2, -0.15) is 0 Å². The fourth-order valence-corrected chi connectivity index (χ4v) is 4.35. The lowest BCUT2D eigenvalue weighted by molar-refractivity contribution is -0.146. The lowest BCUT2D eigenvalue weighted by Crippen LogP contribution is -2.42. The number of aromatic nitrogens is 2. The zero-order valence-corrected chi connectivity index (χ0v) is 19.1. The van der Waals surface area contributed by atoms with Crippen LogP contribution in [0.25, 0.3) is 10.6 Å². The number of nitrogens with two attached hydrogens (primary N) is 1. The summed E-state index contributed by atoms with van der Waals surface area (Å²) in [6.45, 7) is 3.67. The minimum absolute atomic E-state index is 0.0740. The Balaban J connectivity index is 1.73. The highest BCUT2D eigenvalue weighted by molar-refractivity contribution is 7.16. The molecular weight excluding hydrogens is 426 g/mol. The number of hydrogen-bond donors (Lipinski definition) is 3. The minimum Gasteiger partial charge on any atom is -0.469 e. The van der Waals surface area contributed by atoms with Crippen LogP contribution in [0.15, 0.2) is 54.5 Å². The monoisotopic (exact) mass is 453 g/mol. The van der Waals surface area contributed by atoms with E-state index in [0.29, 0.717) is 22.7 Å². The highest BCUT2D eigenvalue weighted by atomic mass is 32.1. The number of carbonyl (C=O) groups excluding carboxylic acids is 2. The second-order valence-electron chi connectivity index (χ2n) is 8.02. The molecule has 0 spiro atoms. The highest BCUT2D eigenvalue weighted by Gasteiger charge is 2.32. The normalized spacial score (nSPS) is 19.5. The molecule has 2 aromatic rings. The van der Waals surface area contributed by atoms with Gasteiger partial charge in [-0.25, -0.2) is 4.98 Å².